The predicted molar refractivity (Wildman–Crippen MR) is 78.6 cm³/mol. The molecule has 0 spiro atoms. The molecule has 0 bridgehead atoms. The molecule has 7 heteroatoms. The Balaban J connectivity index is 2.21. The lowest BCUT2D eigenvalue weighted by Crippen LogP contribution is -2.40. The Labute approximate surface area is 127 Å². The van der Waals surface area contributed by atoms with Gasteiger partial charge < -0.3 is 14.7 Å². The predicted octanol–water partition coefficient (Wildman–Crippen LogP) is 2.24. The van der Waals surface area contributed by atoms with Gasteiger partial charge in [0, 0.05) is 13.2 Å². The number of hydrogen-bond donors (Lipinski definition) is 1. The van der Waals surface area contributed by atoms with E-state index >= 15 is 0 Å². The van der Waals surface area contributed by atoms with E-state index in [0.717, 1.165) is 11.4 Å². The van der Waals surface area contributed by atoms with Crippen LogP contribution in [0.2, 0.25) is 0 Å². The van der Waals surface area contributed by atoms with Crippen molar-refractivity contribution in [2.45, 2.75) is 45.8 Å². The number of carboxylic acid groups (broad SMARTS) is 1. The summed E-state index contributed by atoms with van der Waals surface area (Å²) in [5.41, 5.74) is 0.641. The SMILES string of the molecule is CCO[C@@H](C)c1nc(C)c(C(=O)N2CCC[C@H]2C(=O)O)s1. The van der Waals surface area contributed by atoms with Crippen LogP contribution in [0.4, 0.5) is 0 Å². The average Bonchev–Trinajstić information content (AvgIpc) is 3.04. The second-order valence-corrected chi connectivity index (χ2v) is 6.09. The Bertz CT molecular complexity index is 543. The second-order valence-electron chi connectivity index (χ2n) is 5.06. The van der Waals surface area contributed by atoms with Crippen LogP contribution in [0.3, 0.4) is 0 Å². The standard InChI is InChI=1S/C14H20N2O4S/c1-4-20-9(3)12-15-8(2)11(21-12)13(17)16-7-5-6-10(16)14(18)19/h9-10H,4-7H2,1-3H3,(H,18,19)/t9-,10-/m0/s1. The molecule has 0 radical (unpaired) electrons. The van der Waals surface area contributed by atoms with E-state index in [1.807, 2.05) is 13.8 Å². The minimum Gasteiger partial charge on any atom is -0.480 e. The normalized spacial score (nSPS) is 19.8. The van der Waals surface area contributed by atoms with Crippen LogP contribution in [0, 0.1) is 6.92 Å². The first-order valence-corrected chi connectivity index (χ1v) is 7.90. The number of likely N-dealkylation sites (tertiary alicyclic amines) is 1. The van der Waals surface area contributed by atoms with Crippen molar-refractivity contribution in [1.29, 1.82) is 0 Å². The number of ether oxygens (including phenoxy) is 1. The molecule has 2 heterocycles. The van der Waals surface area contributed by atoms with Gasteiger partial charge in [-0.05, 0) is 33.6 Å². The third-order valence-corrected chi connectivity index (χ3v) is 4.88. The number of hydrogen-bond acceptors (Lipinski definition) is 5. The van der Waals surface area contributed by atoms with Crippen molar-refractivity contribution >= 4 is 23.2 Å². The zero-order valence-electron chi connectivity index (χ0n) is 12.5. The monoisotopic (exact) mass is 312 g/mol. The third-order valence-electron chi connectivity index (χ3n) is 3.57. The smallest absolute Gasteiger partial charge is 0.326 e. The maximum Gasteiger partial charge on any atom is 0.326 e. The van der Waals surface area contributed by atoms with Gasteiger partial charge in [-0.2, -0.15) is 0 Å². The summed E-state index contributed by atoms with van der Waals surface area (Å²) in [6.07, 6.45) is 1.08. The highest BCUT2D eigenvalue weighted by Gasteiger charge is 2.36. The summed E-state index contributed by atoms with van der Waals surface area (Å²) in [5, 5.41) is 9.94. The Hall–Kier alpha value is -1.47. The van der Waals surface area contributed by atoms with E-state index < -0.39 is 12.0 Å². The molecule has 2 atom stereocenters. The van der Waals surface area contributed by atoms with Crippen molar-refractivity contribution in [1.82, 2.24) is 9.88 Å². The van der Waals surface area contributed by atoms with Crippen molar-refractivity contribution in [2.75, 3.05) is 13.2 Å². The van der Waals surface area contributed by atoms with Crippen molar-refractivity contribution in [3.8, 4) is 0 Å². The molecule has 1 saturated heterocycles. The van der Waals surface area contributed by atoms with Gasteiger partial charge in [0.05, 0.1) is 5.69 Å². The summed E-state index contributed by atoms with van der Waals surface area (Å²) in [6, 6.07) is -0.716. The molecule has 2 rings (SSSR count). The number of carboxylic acids is 1. The number of aliphatic carboxylic acids is 1. The number of aromatic nitrogens is 1. The average molecular weight is 312 g/mol. The molecule has 1 aliphatic heterocycles. The molecule has 0 aliphatic carbocycles. The molecule has 1 fully saturated rings. The van der Waals surface area contributed by atoms with Crippen LogP contribution in [-0.2, 0) is 9.53 Å². The number of carbonyl (C=O) groups is 2. The molecule has 1 aromatic heterocycles. The molecular formula is C14H20N2O4S. The summed E-state index contributed by atoms with van der Waals surface area (Å²) in [7, 11) is 0. The highest BCUT2D eigenvalue weighted by atomic mass is 32.1. The van der Waals surface area contributed by atoms with Crippen LogP contribution in [0.1, 0.15) is 53.2 Å². The maximum atomic E-state index is 12.6. The Morgan fingerprint density at radius 3 is 2.90 bits per heavy atom. The van der Waals surface area contributed by atoms with E-state index in [1.54, 1.807) is 6.92 Å². The molecule has 1 aromatic rings. The zero-order valence-corrected chi connectivity index (χ0v) is 13.3. The van der Waals surface area contributed by atoms with Gasteiger partial charge in [-0.1, -0.05) is 0 Å². The number of thiazole rings is 1. The first-order chi connectivity index (χ1) is 9.95. The summed E-state index contributed by atoms with van der Waals surface area (Å²) in [6.45, 7) is 6.65. The van der Waals surface area contributed by atoms with Gasteiger partial charge in [0.2, 0.25) is 0 Å². The Kier molecular flexibility index (Phi) is 4.95. The van der Waals surface area contributed by atoms with E-state index in [4.69, 9.17) is 4.74 Å². The highest BCUT2D eigenvalue weighted by Crippen LogP contribution is 2.29. The first-order valence-electron chi connectivity index (χ1n) is 7.08. The maximum absolute atomic E-state index is 12.6. The van der Waals surface area contributed by atoms with Crippen LogP contribution in [-0.4, -0.2) is 46.1 Å². The highest BCUT2D eigenvalue weighted by molar-refractivity contribution is 7.13. The van der Waals surface area contributed by atoms with E-state index in [0.29, 0.717) is 30.1 Å². The summed E-state index contributed by atoms with van der Waals surface area (Å²) < 4.78 is 5.49. The van der Waals surface area contributed by atoms with Gasteiger partial charge in [-0.3, -0.25) is 4.79 Å². The number of nitrogens with zero attached hydrogens (tertiary/aromatic N) is 2. The van der Waals surface area contributed by atoms with Crippen LogP contribution in [0.5, 0.6) is 0 Å². The fourth-order valence-corrected chi connectivity index (χ4v) is 3.53. The van der Waals surface area contributed by atoms with E-state index in [1.165, 1.54) is 16.2 Å². The van der Waals surface area contributed by atoms with Crippen LogP contribution in [0.15, 0.2) is 0 Å². The van der Waals surface area contributed by atoms with E-state index in [2.05, 4.69) is 4.98 Å². The number of rotatable bonds is 5. The summed E-state index contributed by atoms with van der Waals surface area (Å²) >= 11 is 1.30. The van der Waals surface area contributed by atoms with Crippen molar-refractivity contribution in [2.24, 2.45) is 0 Å². The van der Waals surface area contributed by atoms with Crippen LogP contribution < -0.4 is 0 Å². The summed E-state index contributed by atoms with van der Waals surface area (Å²) in [4.78, 5) is 30.1. The molecule has 1 amide bonds. The van der Waals surface area contributed by atoms with Gasteiger partial charge >= 0.3 is 5.97 Å². The molecule has 21 heavy (non-hydrogen) atoms. The lowest BCUT2D eigenvalue weighted by molar-refractivity contribution is -0.141. The van der Waals surface area contributed by atoms with Gasteiger partial charge in [0.25, 0.3) is 5.91 Å². The first kappa shape index (κ1) is 15.9. The fraction of sp³-hybridized carbons (Fsp3) is 0.643. The molecule has 0 aromatic carbocycles. The van der Waals surface area contributed by atoms with Crippen molar-refractivity contribution in [3.63, 3.8) is 0 Å². The minimum absolute atomic E-state index is 0.158. The second kappa shape index (κ2) is 6.53. The largest absolute Gasteiger partial charge is 0.480 e. The van der Waals surface area contributed by atoms with Gasteiger partial charge in [0.15, 0.2) is 0 Å². The number of aryl methyl sites for hydroxylation is 1. The summed E-state index contributed by atoms with van der Waals surface area (Å²) in [5.74, 6) is -1.17. The Morgan fingerprint density at radius 1 is 1.57 bits per heavy atom. The molecular weight excluding hydrogens is 292 g/mol. The van der Waals surface area contributed by atoms with Crippen molar-refractivity contribution in [3.05, 3.63) is 15.6 Å². The molecule has 116 valence electrons. The van der Waals surface area contributed by atoms with E-state index in [9.17, 15) is 14.7 Å². The molecule has 1 aliphatic rings. The van der Waals surface area contributed by atoms with Gasteiger partial charge in [-0.15, -0.1) is 11.3 Å². The van der Waals surface area contributed by atoms with Gasteiger partial charge in [-0.25, -0.2) is 9.78 Å². The van der Waals surface area contributed by atoms with Gasteiger partial charge in [0.1, 0.15) is 22.0 Å². The lowest BCUT2D eigenvalue weighted by Gasteiger charge is -2.20. The zero-order chi connectivity index (χ0) is 15.6. The third kappa shape index (κ3) is 3.24. The van der Waals surface area contributed by atoms with Crippen LogP contribution >= 0.6 is 11.3 Å². The lowest BCUT2D eigenvalue weighted by atomic mass is 10.2. The van der Waals surface area contributed by atoms with Crippen molar-refractivity contribution < 1.29 is 19.4 Å². The number of amides is 1. The molecule has 0 unspecified atom stereocenters. The fourth-order valence-electron chi connectivity index (χ4n) is 2.51. The molecule has 6 nitrogen and oxygen atoms in total. The van der Waals surface area contributed by atoms with Crippen LogP contribution in [0.25, 0.3) is 0 Å². The topological polar surface area (TPSA) is 79.7 Å². The van der Waals surface area contributed by atoms with E-state index in [-0.39, 0.29) is 12.0 Å². The number of carbonyl (C=O) groups excluding carboxylic acids is 1. The molecule has 0 saturated carbocycles. The molecule has 1 N–H and O–H groups in total. The Morgan fingerprint density at radius 2 is 2.29 bits per heavy atom. The quantitative estimate of drug-likeness (QED) is 0.902. The minimum atomic E-state index is -0.939.